The quantitative estimate of drug-likeness (QED) is 0.156. The SMILES string of the molecule is CCOc1ccc(C(O)=C2C(=O)C(=O)N(CCc3c[nH]c4ccc(OC)cc34)[C@@H]2c2ccc(OC)cc2OC)cc1. The van der Waals surface area contributed by atoms with Crippen LogP contribution in [0, 0.1) is 0 Å². The largest absolute Gasteiger partial charge is 0.507 e. The molecule has 1 saturated heterocycles. The summed E-state index contributed by atoms with van der Waals surface area (Å²) in [4.78, 5) is 31.8. The Bertz CT molecular complexity index is 1620. The molecule has 0 radical (unpaired) electrons. The molecule has 0 saturated carbocycles. The van der Waals surface area contributed by atoms with Crippen LogP contribution in [0.15, 0.2) is 72.4 Å². The van der Waals surface area contributed by atoms with Crippen molar-refractivity contribution in [2.45, 2.75) is 19.4 Å². The van der Waals surface area contributed by atoms with Crippen LogP contribution in [0.2, 0.25) is 0 Å². The molecule has 0 aliphatic carbocycles. The number of rotatable bonds is 10. The third kappa shape index (κ3) is 5.18. The fourth-order valence-corrected chi connectivity index (χ4v) is 5.24. The van der Waals surface area contributed by atoms with Crippen molar-refractivity contribution in [3.05, 3.63) is 89.1 Å². The van der Waals surface area contributed by atoms with Crippen molar-refractivity contribution < 1.29 is 33.6 Å². The smallest absolute Gasteiger partial charge is 0.295 e. The van der Waals surface area contributed by atoms with Crippen molar-refractivity contribution in [3.63, 3.8) is 0 Å². The predicted octanol–water partition coefficient (Wildman–Crippen LogP) is 5.26. The van der Waals surface area contributed by atoms with Gasteiger partial charge < -0.3 is 33.9 Å². The zero-order valence-electron chi connectivity index (χ0n) is 23.4. The molecule has 0 unspecified atom stereocenters. The number of fused-ring (bicyclic) bond motifs is 1. The van der Waals surface area contributed by atoms with E-state index in [1.54, 1.807) is 56.7 Å². The molecule has 5 rings (SSSR count). The van der Waals surface area contributed by atoms with Crippen LogP contribution in [0.25, 0.3) is 16.7 Å². The molecule has 41 heavy (non-hydrogen) atoms. The van der Waals surface area contributed by atoms with Gasteiger partial charge in [0.2, 0.25) is 0 Å². The third-order valence-corrected chi connectivity index (χ3v) is 7.31. The Hall–Kier alpha value is -4.92. The summed E-state index contributed by atoms with van der Waals surface area (Å²) in [6.07, 6.45) is 2.35. The first-order valence-electron chi connectivity index (χ1n) is 13.3. The summed E-state index contributed by atoms with van der Waals surface area (Å²) < 4.78 is 21.9. The van der Waals surface area contributed by atoms with Crippen molar-refractivity contribution >= 4 is 28.4 Å². The van der Waals surface area contributed by atoms with Crippen LogP contribution in [0.4, 0.5) is 0 Å². The molecule has 1 aliphatic rings. The van der Waals surface area contributed by atoms with E-state index < -0.39 is 17.7 Å². The van der Waals surface area contributed by atoms with Crippen LogP contribution in [-0.4, -0.2) is 61.2 Å². The number of benzene rings is 3. The number of aliphatic hydroxyl groups excluding tert-OH is 1. The van der Waals surface area contributed by atoms with Gasteiger partial charge in [0.15, 0.2) is 0 Å². The minimum Gasteiger partial charge on any atom is -0.507 e. The number of nitrogens with one attached hydrogen (secondary N) is 1. The maximum atomic E-state index is 13.5. The van der Waals surface area contributed by atoms with E-state index in [4.69, 9.17) is 18.9 Å². The maximum absolute atomic E-state index is 13.5. The Labute approximate surface area is 237 Å². The average molecular weight is 557 g/mol. The van der Waals surface area contributed by atoms with E-state index in [1.165, 1.54) is 12.0 Å². The lowest BCUT2D eigenvalue weighted by molar-refractivity contribution is -0.139. The molecule has 1 amide bonds. The van der Waals surface area contributed by atoms with Gasteiger partial charge in [-0.25, -0.2) is 0 Å². The fourth-order valence-electron chi connectivity index (χ4n) is 5.24. The van der Waals surface area contributed by atoms with Crippen molar-refractivity contribution in [1.29, 1.82) is 0 Å². The van der Waals surface area contributed by atoms with Crippen LogP contribution >= 0.6 is 0 Å². The number of methoxy groups -OCH3 is 3. The first-order valence-corrected chi connectivity index (χ1v) is 13.3. The molecular formula is C32H32N2O7. The van der Waals surface area contributed by atoms with Gasteiger partial charge in [0.25, 0.3) is 11.7 Å². The molecule has 3 aromatic carbocycles. The van der Waals surface area contributed by atoms with Gasteiger partial charge in [0.05, 0.1) is 39.6 Å². The van der Waals surface area contributed by atoms with E-state index in [2.05, 4.69) is 4.98 Å². The Kier molecular flexibility index (Phi) is 7.87. The summed E-state index contributed by atoms with van der Waals surface area (Å²) in [5.74, 6) is 0.606. The topological polar surface area (TPSA) is 110 Å². The number of ether oxygens (including phenoxy) is 4. The zero-order chi connectivity index (χ0) is 29.1. The van der Waals surface area contributed by atoms with Gasteiger partial charge >= 0.3 is 0 Å². The molecule has 1 fully saturated rings. The number of carbonyl (C=O) groups is 2. The third-order valence-electron chi connectivity index (χ3n) is 7.31. The van der Waals surface area contributed by atoms with Crippen molar-refractivity contribution in [2.75, 3.05) is 34.5 Å². The van der Waals surface area contributed by atoms with Crippen LogP contribution < -0.4 is 18.9 Å². The summed E-state index contributed by atoms with van der Waals surface area (Å²) in [6, 6.07) is 16.8. The lowest BCUT2D eigenvalue weighted by atomic mass is 9.94. The second kappa shape index (κ2) is 11.7. The number of aromatic amines is 1. The van der Waals surface area contributed by atoms with Gasteiger partial charge in [-0.15, -0.1) is 0 Å². The predicted molar refractivity (Wildman–Crippen MR) is 155 cm³/mol. The minimum atomic E-state index is -0.887. The Morgan fingerprint density at radius 1 is 0.902 bits per heavy atom. The molecule has 1 aromatic heterocycles. The van der Waals surface area contributed by atoms with Crippen LogP contribution in [0.3, 0.4) is 0 Å². The minimum absolute atomic E-state index is 0.0109. The molecular weight excluding hydrogens is 524 g/mol. The first kappa shape index (κ1) is 27.6. The summed E-state index contributed by atoms with van der Waals surface area (Å²) >= 11 is 0. The van der Waals surface area contributed by atoms with E-state index in [-0.39, 0.29) is 17.9 Å². The van der Waals surface area contributed by atoms with Gasteiger partial charge in [-0.2, -0.15) is 0 Å². The van der Waals surface area contributed by atoms with E-state index in [0.717, 1.165) is 22.2 Å². The van der Waals surface area contributed by atoms with E-state index in [0.29, 0.717) is 41.4 Å². The fraction of sp³-hybridized carbons (Fsp3) is 0.250. The number of H-pyrrole nitrogens is 1. The zero-order valence-corrected chi connectivity index (χ0v) is 23.4. The molecule has 4 aromatic rings. The normalized spacial score (nSPS) is 16.3. The summed E-state index contributed by atoms with van der Waals surface area (Å²) in [6.45, 7) is 2.59. The molecule has 0 spiro atoms. The monoisotopic (exact) mass is 556 g/mol. The number of Topliss-reactive ketones (excluding diaryl/α,β-unsaturated/α-hetero) is 1. The number of aliphatic hydroxyl groups is 1. The maximum Gasteiger partial charge on any atom is 0.295 e. The Balaban J connectivity index is 1.58. The Morgan fingerprint density at radius 2 is 1.59 bits per heavy atom. The highest BCUT2D eigenvalue weighted by Crippen LogP contribution is 2.44. The van der Waals surface area contributed by atoms with E-state index in [1.807, 2.05) is 31.3 Å². The van der Waals surface area contributed by atoms with Crippen LogP contribution in [-0.2, 0) is 16.0 Å². The summed E-state index contributed by atoms with van der Waals surface area (Å²) in [5, 5.41) is 12.4. The van der Waals surface area contributed by atoms with Gasteiger partial charge in [-0.05, 0) is 73.5 Å². The number of hydrogen-bond acceptors (Lipinski definition) is 7. The lowest BCUT2D eigenvalue weighted by Gasteiger charge is -2.27. The van der Waals surface area contributed by atoms with Gasteiger partial charge in [-0.1, -0.05) is 0 Å². The van der Waals surface area contributed by atoms with Gasteiger partial charge in [-0.3, -0.25) is 9.59 Å². The first-order chi connectivity index (χ1) is 19.9. The van der Waals surface area contributed by atoms with Crippen LogP contribution in [0.1, 0.15) is 29.7 Å². The standard InChI is InChI=1S/C32H32N2O7/c1-5-41-21-8-6-19(7-9-21)30(35)28-29(24-12-10-23(39-3)17-27(24)40-4)34(32(37)31(28)36)15-14-20-18-33-26-13-11-22(38-2)16-25(20)26/h6-13,16-18,29,33,35H,5,14-15H2,1-4H3/t29-/m1/s1. The van der Waals surface area contributed by atoms with E-state index in [9.17, 15) is 14.7 Å². The number of ketones is 1. The lowest BCUT2D eigenvalue weighted by Crippen LogP contribution is -2.31. The number of carbonyl (C=O) groups excluding carboxylic acids is 2. The average Bonchev–Trinajstić information content (AvgIpc) is 3.52. The van der Waals surface area contributed by atoms with Crippen molar-refractivity contribution in [2.24, 2.45) is 0 Å². The molecule has 0 bridgehead atoms. The van der Waals surface area contributed by atoms with E-state index >= 15 is 0 Å². The molecule has 212 valence electrons. The Morgan fingerprint density at radius 3 is 2.27 bits per heavy atom. The number of aromatic nitrogens is 1. The number of amides is 1. The second-order valence-electron chi connectivity index (χ2n) is 9.53. The highest BCUT2D eigenvalue weighted by Gasteiger charge is 2.47. The molecule has 2 heterocycles. The van der Waals surface area contributed by atoms with Crippen molar-refractivity contribution in [3.8, 4) is 23.0 Å². The van der Waals surface area contributed by atoms with Gasteiger partial charge in [0.1, 0.15) is 28.8 Å². The van der Waals surface area contributed by atoms with Crippen molar-refractivity contribution in [1.82, 2.24) is 9.88 Å². The summed E-state index contributed by atoms with van der Waals surface area (Å²) in [7, 11) is 4.67. The summed E-state index contributed by atoms with van der Waals surface area (Å²) in [5.41, 5.74) is 2.84. The highest BCUT2D eigenvalue weighted by molar-refractivity contribution is 6.46. The van der Waals surface area contributed by atoms with Crippen LogP contribution in [0.5, 0.6) is 23.0 Å². The molecule has 9 nitrogen and oxygen atoms in total. The number of nitrogens with zero attached hydrogens (tertiary/aromatic N) is 1. The number of hydrogen-bond donors (Lipinski definition) is 2. The van der Waals surface area contributed by atoms with Gasteiger partial charge in [0, 0.05) is 40.8 Å². The number of likely N-dealkylation sites (tertiary alicyclic amines) is 1. The molecule has 1 aliphatic heterocycles. The molecule has 9 heteroatoms. The molecule has 1 atom stereocenters. The second-order valence-corrected chi connectivity index (χ2v) is 9.53. The molecule has 2 N–H and O–H groups in total. The highest BCUT2D eigenvalue weighted by atomic mass is 16.5.